The van der Waals surface area contributed by atoms with Crippen molar-refractivity contribution in [2.75, 3.05) is 18.4 Å². The van der Waals surface area contributed by atoms with E-state index >= 15 is 0 Å². The Hall–Kier alpha value is -3.42. The van der Waals surface area contributed by atoms with E-state index in [-0.39, 0.29) is 13.0 Å². The molecule has 0 unspecified atom stereocenters. The lowest BCUT2D eigenvalue weighted by atomic mass is 10.1. The molecule has 2 heterocycles. The highest BCUT2D eigenvalue weighted by Crippen LogP contribution is 2.31. The number of nitrogens with zero attached hydrogens (tertiary/aromatic N) is 5. The van der Waals surface area contributed by atoms with E-state index in [1.54, 1.807) is 23.1 Å². The van der Waals surface area contributed by atoms with Gasteiger partial charge in [0, 0.05) is 38.8 Å². The number of aromatic nitrogens is 4. The zero-order chi connectivity index (χ0) is 24.2. The van der Waals surface area contributed by atoms with Crippen LogP contribution in [0.15, 0.2) is 56.0 Å². The predicted octanol–water partition coefficient (Wildman–Crippen LogP) is 6.34. The molecule has 0 aliphatic rings. The van der Waals surface area contributed by atoms with E-state index in [4.69, 9.17) is 4.98 Å². The maximum absolute atomic E-state index is 13.7. The molecule has 2 aromatic heterocycles. The van der Waals surface area contributed by atoms with Crippen LogP contribution >= 0.6 is 0 Å². The summed E-state index contributed by atoms with van der Waals surface area (Å²) in [6.45, 7) is 15.4. The number of rotatable bonds is 11. The van der Waals surface area contributed by atoms with Gasteiger partial charge in [0.05, 0.1) is 24.0 Å². The third-order valence-electron chi connectivity index (χ3n) is 5.53. The van der Waals surface area contributed by atoms with E-state index < -0.39 is 5.92 Å². The van der Waals surface area contributed by atoms with Gasteiger partial charge in [-0.1, -0.05) is 45.7 Å². The molecule has 184 valence electrons. The summed E-state index contributed by atoms with van der Waals surface area (Å²) in [4.78, 5) is 6.99. The molecule has 0 saturated heterocycles. The monoisotopic (exact) mass is 470 g/mol. The highest BCUT2D eigenvalue weighted by atomic mass is 19.3. The molecule has 0 fully saturated rings. The smallest absolute Gasteiger partial charge is 0.270 e. The zero-order valence-electron chi connectivity index (χ0n) is 19.8. The molecular formula is C26H36F2N6. The van der Waals surface area contributed by atoms with E-state index in [2.05, 4.69) is 42.3 Å². The van der Waals surface area contributed by atoms with Crippen molar-refractivity contribution < 1.29 is 8.78 Å². The first kappa shape index (κ1) is 26.8. The number of alkyl halides is 2. The Morgan fingerprint density at radius 3 is 2.65 bits per heavy atom. The summed E-state index contributed by atoms with van der Waals surface area (Å²) >= 11 is 0. The minimum absolute atomic E-state index is 0. The Balaban J connectivity index is 0.00000408. The summed E-state index contributed by atoms with van der Waals surface area (Å²) in [5.74, 6) is -1.48. The fourth-order valence-electron chi connectivity index (χ4n) is 3.88. The van der Waals surface area contributed by atoms with Crippen LogP contribution in [-0.2, 0) is 19.5 Å². The summed E-state index contributed by atoms with van der Waals surface area (Å²) in [7, 11) is 1.95. The Morgan fingerprint density at radius 1 is 1.29 bits per heavy atom. The molecule has 1 aromatic carbocycles. The average molecular weight is 471 g/mol. The lowest BCUT2D eigenvalue weighted by Crippen LogP contribution is -2.23. The zero-order valence-corrected chi connectivity index (χ0v) is 19.8. The van der Waals surface area contributed by atoms with Gasteiger partial charge in [-0.05, 0) is 31.2 Å². The second-order valence-corrected chi connectivity index (χ2v) is 8.08. The topological polar surface area (TPSA) is 50.9 Å². The van der Waals surface area contributed by atoms with Gasteiger partial charge in [0.25, 0.3) is 5.92 Å². The number of benzene rings is 1. The van der Waals surface area contributed by atoms with E-state index in [0.29, 0.717) is 12.4 Å². The van der Waals surface area contributed by atoms with E-state index in [1.165, 1.54) is 12.1 Å². The first-order valence-electron chi connectivity index (χ1n) is 11.1. The van der Waals surface area contributed by atoms with Gasteiger partial charge in [0.1, 0.15) is 11.5 Å². The number of anilines is 1. The lowest BCUT2D eigenvalue weighted by Gasteiger charge is -2.25. The van der Waals surface area contributed by atoms with Gasteiger partial charge in [-0.15, -0.1) is 0 Å². The maximum Gasteiger partial charge on any atom is 0.270 e. The SMILES string of the molecule is C.C=CNc1nc(-c2cnn(Cc3cccc(C(C)(F)F)c3)c2)n(C)c1C(=C)N(CC)CCC. The summed E-state index contributed by atoms with van der Waals surface area (Å²) < 4.78 is 31.1. The van der Waals surface area contributed by atoms with Gasteiger partial charge in [0.2, 0.25) is 0 Å². The van der Waals surface area contributed by atoms with Gasteiger partial charge < -0.3 is 14.8 Å². The van der Waals surface area contributed by atoms with Gasteiger partial charge >= 0.3 is 0 Å². The molecule has 1 N–H and O–H groups in total. The molecule has 0 atom stereocenters. The third-order valence-corrected chi connectivity index (χ3v) is 5.53. The van der Waals surface area contributed by atoms with Crippen LogP contribution in [0.2, 0.25) is 0 Å². The van der Waals surface area contributed by atoms with Crippen LogP contribution in [0.1, 0.15) is 51.4 Å². The van der Waals surface area contributed by atoms with Gasteiger partial charge in [0.15, 0.2) is 5.82 Å². The minimum Gasteiger partial charge on any atom is -0.371 e. The molecule has 0 aliphatic heterocycles. The highest BCUT2D eigenvalue weighted by Gasteiger charge is 2.24. The van der Waals surface area contributed by atoms with Crippen LogP contribution in [0.3, 0.4) is 0 Å². The largest absolute Gasteiger partial charge is 0.371 e. The molecule has 0 spiro atoms. The van der Waals surface area contributed by atoms with E-state index in [9.17, 15) is 8.78 Å². The standard InChI is InChI=1S/C25H32F2N6.CH4/c1-7-13-32(9-3)18(4)22-23(28-8-2)30-24(31(22)6)20-15-29-33(17-20)16-19-11-10-12-21(14-19)25(5,26)27;/h8,10-12,14-15,17,28H,2,4,7,9,13,16H2,1,3,5-6H3;1H4. The molecule has 6 nitrogen and oxygen atoms in total. The molecule has 0 radical (unpaired) electrons. The average Bonchev–Trinajstić information content (AvgIpc) is 3.35. The van der Waals surface area contributed by atoms with Crippen molar-refractivity contribution in [2.24, 2.45) is 7.05 Å². The van der Waals surface area contributed by atoms with Crippen LogP contribution in [-0.4, -0.2) is 37.3 Å². The van der Waals surface area contributed by atoms with E-state index in [1.807, 2.05) is 23.9 Å². The number of nitrogens with one attached hydrogen (secondary N) is 1. The summed E-state index contributed by atoms with van der Waals surface area (Å²) in [6, 6.07) is 6.42. The van der Waals surface area contributed by atoms with Crippen molar-refractivity contribution in [3.63, 3.8) is 0 Å². The fraction of sp³-hybridized carbons (Fsp3) is 0.385. The van der Waals surface area contributed by atoms with Crippen molar-refractivity contribution in [1.29, 1.82) is 0 Å². The van der Waals surface area contributed by atoms with Crippen LogP contribution < -0.4 is 5.32 Å². The second-order valence-electron chi connectivity index (χ2n) is 8.08. The molecule has 0 aliphatic carbocycles. The van der Waals surface area contributed by atoms with Crippen molar-refractivity contribution in [1.82, 2.24) is 24.2 Å². The van der Waals surface area contributed by atoms with Crippen LogP contribution in [0.4, 0.5) is 14.6 Å². The Labute approximate surface area is 201 Å². The van der Waals surface area contributed by atoms with Crippen LogP contribution in [0, 0.1) is 0 Å². The summed E-state index contributed by atoms with van der Waals surface area (Å²) in [6.07, 6.45) is 6.21. The molecule has 0 saturated carbocycles. The third kappa shape index (κ3) is 5.73. The summed E-state index contributed by atoms with van der Waals surface area (Å²) in [5, 5.41) is 7.56. The number of hydrogen-bond acceptors (Lipinski definition) is 4. The van der Waals surface area contributed by atoms with Crippen molar-refractivity contribution in [2.45, 2.75) is 47.1 Å². The number of imidazole rings is 1. The Morgan fingerprint density at radius 2 is 2.03 bits per heavy atom. The van der Waals surface area contributed by atoms with Crippen molar-refractivity contribution in [3.05, 3.63) is 72.8 Å². The predicted molar refractivity (Wildman–Crippen MR) is 137 cm³/mol. The number of hydrogen-bond donors (Lipinski definition) is 1. The van der Waals surface area contributed by atoms with Gasteiger partial charge in [-0.25, -0.2) is 13.8 Å². The molecule has 3 aromatic rings. The second kappa shape index (κ2) is 11.1. The molecular weight excluding hydrogens is 434 g/mol. The van der Waals surface area contributed by atoms with Crippen LogP contribution in [0.25, 0.3) is 17.1 Å². The van der Waals surface area contributed by atoms with Crippen molar-refractivity contribution in [3.8, 4) is 11.4 Å². The van der Waals surface area contributed by atoms with Crippen molar-refractivity contribution >= 4 is 11.5 Å². The normalized spacial score (nSPS) is 11.1. The molecule has 8 heteroatoms. The molecule has 0 amide bonds. The molecule has 34 heavy (non-hydrogen) atoms. The van der Waals surface area contributed by atoms with Gasteiger partial charge in [-0.3, -0.25) is 4.68 Å². The highest BCUT2D eigenvalue weighted by molar-refractivity contribution is 5.74. The minimum atomic E-state index is -2.88. The first-order chi connectivity index (χ1) is 15.7. The first-order valence-corrected chi connectivity index (χ1v) is 11.1. The quantitative estimate of drug-likeness (QED) is 0.355. The maximum atomic E-state index is 13.7. The molecule has 0 bridgehead atoms. The lowest BCUT2D eigenvalue weighted by molar-refractivity contribution is 0.0174. The van der Waals surface area contributed by atoms with Crippen LogP contribution in [0.5, 0.6) is 0 Å². The fourth-order valence-corrected chi connectivity index (χ4v) is 3.88. The Bertz CT molecular complexity index is 1120. The molecule has 3 rings (SSSR count). The van der Waals surface area contributed by atoms with E-state index in [0.717, 1.165) is 54.8 Å². The number of halogens is 2. The summed E-state index contributed by atoms with van der Waals surface area (Å²) in [5.41, 5.74) is 3.33. The van der Waals surface area contributed by atoms with Gasteiger partial charge in [-0.2, -0.15) is 5.10 Å². The Kier molecular flexibility index (Phi) is 8.79.